The molecule has 0 aliphatic rings. The molecule has 3 rings (SSSR count). The third-order valence-electron chi connectivity index (χ3n) is 2.94. The fraction of sp³-hybridized carbons (Fsp3) is 0.0625. The molecule has 0 aliphatic carbocycles. The lowest BCUT2D eigenvalue weighted by molar-refractivity contribution is 1.39. The smallest absolute Gasteiger partial charge is 0.124 e. The summed E-state index contributed by atoms with van der Waals surface area (Å²) in [5.41, 5.74) is 4.65. The fourth-order valence-corrected chi connectivity index (χ4v) is 2.96. The van der Waals surface area contributed by atoms with Gasteiger partial charge >= 0.3 is 0 Å². The van der Waals surface area contributed by atoms with Crippen LogP contribution >= 0.6 is 27.3 Å². The number of benzene rings is 2. The van der Waals surface area contributed by atoms with Crippen molar-refractivity contribution in [3.05, 3.63) is 63.9 Å². The van der Waals surface area contributed by atoms with E-state index < -0.39 is 0 Å². The minimum Gasteiger partial charge on any atom is -0.236 e. The predicted molar refractivity (Wildman–Crippen MR) is 85.4 cm³/mol. The van der Waals surface area contributed by atoms with Crippen LogP contribution in [0.2, 0.25) is 0 Å². The topological polar surface area (TPSA) is 12.9 Å². The summed E-state index contributed by atoms with van der Waals surface area (Å²) in [5.74, 6) is 0. The number of rotatable bonds is 2. The summed E-state index contributed by atoms with van der Waals surface area (Å²) in [7, 11) is 0. The van der Waals surface area contributed by atoms with Gasteiger partial charge in [0.2, 0.25) is 0 Å². The van der Waals surface area contributed by atoms with E-state index in [-0.39, 0.29) is 0 Å². The zero-order valence-corrected chi connectivity index (χ0v) is 12.8. The van der Waals surface area contributed by atoms with E-state index in [4.69, 9.17) is 4.98 Å². The summed E-state index contributed by atoms with van der Waals surface area (Å²) >= 11 is 5.13. The Hall–Kier alpha value is -1.45. The van der Waals surface area contributed by atoms with E-state index in [9.17, 15) is 0 Å². The largest absolute Gasteiger partial charge is 0.236 e. The van der Waals surface area contributed by atoms with Crippen LogP contribution in [-0.4, -0.2) is 4.98 Å². The molecule has 3 heteroatoms. The maximum absolute atomic E-state index is 4.71. The maximum Gasteiger partial charge on any atom is 0.124 e. The molecule has 1 nitrogen and oxygen atoms in total. The second-order valence-electron chi connectivity index (χ2n) is 4.41. The number of thiazole rings is 1. The van der Waals surface area contributed by atoms with Crippen molar-refractivity contribution in [1.82, 2.24) is 4.98 Å². The van der Waals surface area contributed by atoms with Crippen molar-refractivity contribution in [3.8, 4) is 21.8 Å². The van der Waals surface area contributed by atoms with Crippen molar-refractivity contribution in [3.63, 3.8) is 0 Å². The van der Waals surface area contributed by atoms with Crippen LogP contribution in [0.25, 0.3) is 21.8 Å². The first-order valence-electron chi connectivity index (χ1n) is 6.01. The van der Waals surface area contributed by atoms with Gasteiger partial charge in [-0.3, -0.25) is 0 Å². The Morgan fingerprint density at radius 2 is 1.53 bits per heavy atom. The van der Waals surface area contributed by atoms with Gasteiger partial charge in [0.1, 0.15) is 5.01 Å². The van der Waals surface area contributed by atoms with Crippen LogP contribution in [0, 0.1) is 6.92 Å². The van der Waals surface area contributed by atoms with Gasteiger partial charge in [0.25, 0.3) is 0 Å². The second-order valence-corrected chi connectivity index (χ2v) is 6.18. The number of aromatic nitrogens is 1. The van der Waals surface area contributed by atoms with Gasteiger partial charge in [0.15, 0.2) is 0 Å². The third kappa shape index (κ3) is 2.77. The number of halogens is 1. The van der Waals surface area contributed by atoms with Gasteiger partial charge in [0, 0.05) is 21.0 Å². The molecule has 94 valence electrons. The molecule has 0 radical (unpaired) electrons. The third-order valence-corrected chi connectivity index (χ3v) is 4.36. The highest BCUT2D eigenvalue weighted by molar-refractivity contribution is 9.10. The van der Waals surface area contributed by atoms with Gasteiger partial charge < -0.3 is 0 Å². The Morgan fingerprint density at radius 1 is 0.895 bits per heavy atom. The lowest BCUT2D eigenvalue weighted by atomic mass is 10.1. The van der Waals surface area contributed by atoms with E-state index in [0.717, 1.165) is 20.7 Å². The van der Waals surface area contributed by atoms with E-state index in [1.165, 1.54) is 11.1 Å². The molecule has 0 saturated heterocycles. The number of nitrogens with zero attached hydrogens (tertiary/aromatic N) is 1. The average molecular weight is 330 g/mol. The Balaban J connectivity index is 1.95. The lowest BCUT2D eigenvalue weighted by Gasteiger charge is -1.98. The maximum atomic E-state index is 4.71. The number of aryl methyl sites for hydroxylation is 1. The van der Waals surface area contributed by atoms with Gasteiger partial charge in [-0.2, -0.15) is 0 Å². The summed E-state index contributed by atoms with van der Waals surface area (Å²) in [6.45, 7) is 2.10. The van der Waals surface area contributed by atoms with Crippen molar-refractivity contribution in [2.45, 2.75) is 6.92 Å². The average Bonchev–Trinajstić information content (AvgIpc) is 2.90. The molecule has 3 aromatic rings. The fourth-order valence-electron chi connectivity index (χ4n) is 1.86. The second kappa shape index (κ2) is 5.27. The Bertz CT molecular complexity index is 624. The highest BCUT2D eigenvalue weighted by atomic mass is 79.9. The van der Waals surface area contributed by atoms with E-state index >= 15 is 0 Å². The number of hydrogen-bond donors (Lipinski definition) is 0. The zero-order valence-electron chi connectivity index (χ0n) is 10.4. The zero-order chi connectivity index (χ0) is 13.2. The molecular formula is C16H12BrNS. The molecule has 19 heavy (non-hydrogen) atoms. The van der Waals surface area contributed by atoms with Crippen molar-refractivity contribution in [1.29, 1.82) is 0 Å². The van der Waals surface area contributed by atoms with E-state index in [1.807, 2.05) is 12.1 Å². The highest BCUT2D eigenvalue weighted by Crippen LogP contribution is 2.29. The van der Waals surface area contributed by atoms with E-state index in [1.54, 1.807) is 11.3 Å². The van der Waals surface area contributed by atoms with Gasteiger partial charge in [-0.1, -0.05) is 57.9 Å². The standard InChI is InChI=1S/C16H12BrNS/c1-11-2-4-12(5-3-11)15-10-19-16(18-15)13-6-8-14(17)9-7-13/h2-10H,1H3. The molecule has 0 amide bonds. The monoisotopic (exact) mass is 329 g/mol. The molecule has 0 fully saturated rings. The van der Waals surface area contributed by atoms with Crippen LogP contribution in [0.15, 0.2) is 58.4 Å². The molecule has 0 unspecified atom stereocenters. The Morgan fingerprint density at radius 3 is 2.21 bits per heavy atom. The molecule has 2 aromatic carbocycles. The van der Waals surface area contributed by atoms with Gasteiger partial charge in [0.05, 0.1) is 5.69 Å². The summed E-state index contributed by atoms with van der Waals surface area (Å²) in [4.78, 5) is 4.71. The van der Waals surface area contributed by atoms with E-state index in [0.29, 0.717) is 0 Å². The molecule has 1 aromatic heterocycles. The lowest BCUT2D eigenvalue weighted by Crippen LogP contribution is -1.80. The van der Waals surface area contributed by atoms with Crippen LogP contribution in [0.4, 0.5) is 0 Å². The quantitative estimate of drug-likeness (QED) is 0.600. The SMILES string of the molecule is Cc1ccc(-c2csc(-c3ccc(Br)cc3)n2)cc1. The molecule has 0 N–H and O–H groups in total. The van der Waals surface area contributed by atoms with E-state index in [2.05, 4.69) is 64.6 Å². The Kier molecular flexibility index (Phi) is 3.49. The summed E-state index contributed by atoms with van der Waals surface area (Å²) in [6, 6.07) is 16.7. The van der Waals surface area contributed by atoms with Crippen LogP contribution < -0.4 is 0 Å². The van der Waals surface area contributed by atoms with Crippen LogP contribution in [0.5, 0.6) is 0 Å². The molecule has 0 saturated carbocycles. The van der Waals surface area contributed by atoms with Crippen LogP contribution in [0.1, 0.15) is 5.56 Å². The highest BCUT2D eigenvalue weighted by Gasteiger charge is 2.06. The molecule has 0 bridgehead atoms. The van der Waals surface area contributed by atoms with Gasteiger partial charge in [-0.15, -0.1) is 11.3 Å². The summed E-state index contributed by atoms with van der Waals surface area (Å²) < 4.78 is 1.09. The first kappa shape index (κ1) is 12.6. The summed E-state index contributed by atoms with van der Waals surface area (Å²) in [6.07, 6.45) is 0. The first-order chi connectivity index (χ1) is 9.22. The molecule has 0 atom stereocenters. The molecule has 1 heterocycles. The van der Waals surface area contributed by atoms with Crippen molar-refractivity contribution >= 4 is 27.3 Å². The molecule has 0 spiro atoms. The minimum atomic E-state index is 1.04. The predicted octanol–water partition coefficient (Wildman–Crippen LogP) is 5.55. The van der Waals surface area contributed by atoms with Gasteiger partial charge in [-0.25, -0.2) is 4.98 Å². The normalized spacial score (nSPS) is 10.6. The van der Waals surface area contributed by atoms with Crippen LogP contribution in [0.3, 0.4) is 0 Å². The Labute approximate surface area is 125 Å². The van der Waals surface area contributed by atoms with Crippen molar-refractivity contribution in [2.75, 3.05) is 0 Å². The first-order valence-corrected chi connectivity index (χ1v) is 7.68. The molecular weight excluding hydrogens is 318 g/mol. The van der Waals surface area contributed by atoms with Gasteiger partial charge in [-0.05, 0) is 19.1 Å². The minimum absolute atomic E-state index is 1.04. The number of hydrogen-bond acceptors (Lipinski definition) is 2. The van der Waals surface area contributed by atoms with Crippen molar-refractivity contribution < 1.29 is 0 Å². The molecule has 0 aliphatic heterocycles. The summed E-state index contributed by atoms with van der Waals surface area (Å²) in [5, 5.41) is 3.17. The van der Waals surface area contributed by atoms with Crippen LogP contribution in [-0.2, 0) is 0 Å². The van der Waals surface area contributed by atoms with Crippen molar-refractivity contribution in [2.24, 2.45) is 0 Å².